The summed E-state index contributed by atoms with van der Waals surface area (Å²) in [6, 6.07) is 16.0. The van der Waals surface area contributed by atoms with Crippen LogP contribution >= 0.6 is 0 Å². The van der Waals surface area contributed by atoms with Gasteiger partial charge in [0.25, 0.3) is 0 Å². The van der Waals surface area contributed by atoms with E-state index in [2.05, 4.69) is 22.9 Å². The average Bonchev–Trinajstić information content (AvgIpc) is 3.20. The van der Waals surface area contributed by atoms with Crippen LogP contribution in [-0.4, -0.2) is 66.1 Å². The number of carbonyl (C=O) groups is 6. The van der Waals surface area contributed by atoms with Crippen LogP contribution in [0, 0.1) is 5.92 Å². The topological polar surface area (TPSA) is 175 Å². The van der Waals surface area contributed by atoms with Crippen molar-refractivity contribution in [1.82, 2.24) is 16.0 Å². The van der Waals surface area contributed by atoms with Gasteiger partial charge in [0.1, 0.15) is 37.0 Å². The van der Waals surface area contributed by atoms with Crippen LogP contribution in [0.2, 0.25) is 0 Å². The van der Waals surface area contributed by atoms with Gasteiger partial charge in [-0.1, -0.05) is 145 Å². The third-order valence-electron chi connectivity index (χ3n) is 9.27. The minimum atomic E-state index is -1.34. The van der Waals surface area contributed by atoms with Crippen molar-refractivity contribution < 1.29 is 47.7 Å². The van der Waals surface area contributed by atoms with Crippen LogP contribution in [0.15, 0.2) is 72.8 Å². The Morgan fingerprint density at radius 3 is 1.78 bits per heavy atom. The Morgan fingerprint density at radius 1 is 0.650 bits per heavy atom. The standard InChI is InChI=1S/C47H69N3O10/c1-7-8-9-10-11-12-13-14-21-28-38(31-41(52)57-33-36-24-17-15-18-25-36)59-40(51)29-22-23-30-48-44(54)39(32-42(53)60-47(4,5)6)49-45(55)43(35(2)3)50-46(56)58-34-37-26-19-16-20-27-37/h15-20,22-27,35,38-39,43H,7-14,21,28-34H2,1-6H3,(H,48,54)(H,49,55)(H,50,56)/b23-22+. The van der Waals surface area contributed by atoms with Crippen molar-refractivity contribution in [2.75, 3.05) is 6.54 Å². The molecule has 0 saturated heterocycles. The highest BCUT2D eigenvalue weighted by Gasteiger charge is 2.32. The van der Waals surface area contributed by atoms with Crippen molar-refractivity contribution in [3.63, 3.8) is 0 Å². The monoisotopic (exact) mass is 835 g/mol. The summed E-state index contributed by atoms with van der Waals surface area (Å²) in [6.07, 6.45) is 11.8. The number of ether oxygens (including phenoxy) is 4. The van der Waals surface area contributed by atoms with Crippen molar-refractivity contribution >= 4 is 35.8 Å². The lowest BCUT2D eigenvalue weighted by Gasteiger charge is -2.26. The van der Waals surface area contributed by atoms with Gasteiger partial charge in [-0.3, -0.25) is 24.0 Å². The van der Waals surface area contributed by atoms with Gasteiger partial charge in [-0.25, -0.2) is 4.79 Å². The van der Waals surface area contributed by atoms with Crippen LogP contribution in [0.3, 0.4) is 0 Å². The highest BCUT2D eigenvalue weighted by Crippen LogP contribution is 2.17. The summed E-state index contributed by atoms with van der Waals surface area (Å²) in [6.45, 7) is 10.8. The van der Waals surface area contributed by atoms with Crippen LogP contribution < -0.4 is 16.0 Å². The van der Waals surface area contributed by atoms with Crippen LogP contribution in [0.25, 0.3) is 0 Å². The highest BCUT2D eigenvalue weighted by molar-refractivity contribution is 5.93. The van der Waals surface area contributed by atoms with E-state index in [1.807, 2.05) is 48.5 Å². The number of nitrogens with one attached hydrogen (secondary N) is 3. The quantitative estimate of drug-likeness (QED) is 0.0328. The number of unbranched alkanes of at least 4 members (excludes halogenated alkanes) is 8. The smallest absolute Gasteiger partial charge is 0.408 e. The summed E-state index contributed by atoms with van der Waals surface area (Å²) in [4.78, 5) is 77.8. The van der Waals surface area contributed by atoms with Crippen molar-refractivity contribution in [2.24, 2.45) is 5.92 Å². The fraction of sp³-hybridized carbons (Fsp3) is 0.574. The largest absolute Gasteiger partial charge is 0.462 e. The Bertz CT molecular complexity index is 1610. The molecule has 332 valence electrons. The molecule has 0 bridgehead atoms. The summed E-state index contributed by atoms with van der Waals surface area (Å²) < 4.78 is 21.9. The second-order valence-electron chi connectivity index (χ2n) is 16.3. The Kier molecular flexibility index (Phi) is 24.7. The fourth-order valence-electron chi connectivity index (χ4n) is 6.10. The molecule has 3 amide bonds. The third-order valence-corrected chi connectivity index (χ3v) is 9.27. The lowest BCUT2D eigenvalue weighted by atomic mass is 10.0. The Labute approximate surface area is 357 Å². The average molecular weight is 836 g/mol. The molecule has 2 aromatic rings. The number of rotatable bonds is 28. The van der Waals surface area contributed by atoms with Crippen LogP contribution in [-0.2, 0) is 56.1 Å². The Balaban J connectivity index is 1.96. The normalized spacial score (nSPS) is 12.8. The molecule has 0 aromatic heterocycles. The van der Waals surface area contributed by atoms with Crippen molar-refractivity contribution in [3.8, 4) is 0 Å². The second-order valence-corrected chi connectivity index (χ2v) is 16.3. The van der Waals surface area contributed by atoms with E-state index in [0.717, 1.165) is 36.8 Å². The molecule has 3 atom stereocenters. The number of alkyl carbamates (subject to hydrolysis) is 1. The molecule has 13 heteroatoms. The van der Waals surface area contributed by atoms with Crippen molar-refractivity contribution in [3.05, 3.63) is 83.9 Å². The molecule has 0 aliphatic carbocycles. The van der Waals surface area contributed by atoms with Gasteiger partial charge in [0, 0.05) is 6.54 Å². The third kappa shape index (κ3) is 24.0. The number of hydrogen-bond acceptors (Lipinski definition) is 10. The fourth-order valence-corrected chi connectivity index (χ4v) is 6.10. The summed E-state index contributed by atoms with van der Waals surface area (Å²) >= 11 is 0. The van der Waals surface area contributed by atoms with Crippen molar-refractivity contribution in [1.29, 1.82) is 0 Å². The van der Waals surface area contributed by atoms with Gasteiger partial charge >= 0.3 is 24.0 Å². The first-order valence-electron chi connectivity index (χ1n) is 21.5. The number of amides is 3. The summed E-state index contributed by atoms with van der Waals surface area (Å²) in [5.74, 6) is -3.45. The first kappa shape index (κ1) is 50.9. The minimum absolute atomic E-state index is 0.00220. The van der Waals surface area contributed by atoms with Gasteiger partial charge in [0.2, 0.25) is 11.8 Å². The molecule has 3 N–H and O–H groups in total. The number of esters is 3. The second kappa shape index (κ2) is 29.1. The van der Waals surface area contributed by atoms with E-state index in [4.69, 9.17) is 18.9 Å². The van der Waals surface area contributed by atoms with Crippen LogP contribution in [0.1, 0.15) is 136 Å². The molecule has 0 spiro atoms. The van der Waals surface area contributed by atoms with E-state index >= 15 is 0 Å². The summed E-state index contributed by atoms with van der Waals surface area (Å²) in [5.41, 5.74) is 0.796. The van der Waals surface area contributed by atoms with Gasteiger partial charge in [-0.15, -0.1) is 0 Å². The molecule has 0 radical (unpaired) electrons. The Morgan fingerprint density at radius 2 is 1.22 bits per heavy atom. The molecule has 0 heterocycles. The molecule has 60 heavy (non-hydrogen) atoms. The zero-order valence-corrected chi connectivity index (χ0v) is 36.6. The van der Waals surface area contributed by atoms with Gasteiger partial charge < -0.3 is 34.9 Å². The predicted octanol–water partition coefficient (Wildman–Crippen LogP) is 8.18. The first-order valence-corrected chi connectivity index (χ1v) is 21.5. The molecule has 13 nitrogen and oxygen atoms in total. The molecule has 2 aromatic carbocycles. The van der Waals surface area contributed by atoms with Gasteiger partial charge in [-0.2, -0.15) is 0 Å². The zero-order chi connectivity index (χ0) is 44.2. The molecule has 0 saturated carbocycles. The Hall–Kier alpha value is -5.20. The van der Waals surface area contributed by atoms with Gasteiger partial charge in [0.15, 0.2) is 0 Å². The molecule has 3 unspecified atom stereocenters. The van der Waals surface area contributed by atoms with E-state index in [0.29, 0.717) is 6.42 Å². The van der Waals surface area contributed by atoms with Crippen molar-refractivity contribution in [2.45, 2.75) is 162 Å². The molecule has 0 aliphatic rings. The zero-order valence-electron chi connectivity index (χ0n) is 36.6. The number of benzene rings is 2. The van der Waals surface area contributed by atoms with Crippen LogP contribution in [0.5, 0.6) is 0 Å². The van der Waals surface area contributed by atoms with Gasteiger partial charge in [-0.05, 0) is 50.7 Å². The number of carbonyl (C=O) groups excluding carboxylic acids is 6. The molecular formula is C47H69N3O10. The summed E-state index contributed by atoms with van der Waals surface area (Å²) in [7, 11) is 0. The SMILES string of the molecule is CCCCCCCCCCCC(CC(=O)OCc1ccccc1)OC(=O)C/C=C/CNC(=O)C(CC(=O)OC(C)(C)C)NC(=O)C(NC(=O)OCc1ccccc1)C(C)C. The van der Waals surface area contributed by atoms with Gasteiger partial charge in [0.05, 0.1) is 19.3 Å². The summed E-state index contributed by atoms with van der Waals surface area (Å²) in [5, 5.41) is 7.80. The van der Waals surface area contributed by atoms with E-state index in [-0.39, 0.29) is 32.6 Å². The predicted molar refractivity (Wildman–Crippen MR) is 230 cm³/mol. The van der Waals surface area contributed by atoms with E-state index in [1.54, 1.807) is 52.8 Å². The lowest BCUT2D eigenvalue weighted by molar-refractivity contribution is -0.157. The highest BCUT2D eigenvalue weighted by atomic mass is 16.6. The maximum Gasteiger partial charge on any atom is 0.408 e. The minimum Gasteiger partial charge on any atom is -0.462 e. The number of hydrogen-bond donors (Lipinski definition) is 3. The molecule has 0 aliphatic heterocycles. The maximum atomic E-state index is 13.4. The molecular weight excluding hydrogens is 767 g/mol. The molecule has 2 rings (SSSR count). The lowest BCUT2D eigenvalue weighted by Crippen LogP contribution is -2.56. The van der Waals surface area contributed by atoms with E-state index in [9.17, 15) is 28.8 Å². The van der Waals surface area contributed by atoms with Crippen LogP contribution in [0.4, 0.5) is 4.79 Å². The first-order chi connectivity index (χ1) is 28.7. The van der Waals surface area contributed by atoms with E-state index < -0.39 is 71.9 Å². The molecule has 0 fully saturated rings. The van der Waals surface area contributed by atoms with E-state index in [1.165, 1.54) is 38.2 Å². The maximum absolute atomic E-state index is 13.4.